The summed E-state index contributed by atoms with van der Waals surface area (Å²) in [5, 5.41) is 7.36. The van der Waals surface area contributed by atoms with E-state index in [2.05, 4.69) is 20.3 Å². The minimum absolute atomic E-state index is 0.212. The Hall–Kier alpha value is -3.19. The number of carbonyl (C=O) groups excluding carboxylic acids is 1. The number of carbonyl (C=O) groups is 1. The zero-order valence-electron chi connectivity index (χ0n) is 15.8. The first-order valence-electron chi connectivity index (χ1n) is 9.39. The third kappa shape index (κ3) is 4.04. The molecule has 1 saturated heterocycles. The van der Waals surface area contributed by atoms with Crippen molar-refractivity contribution in [2.75, 3.05) is 31.2 Å². The Morgan fingerprint density at radius 1 is 1.11 bits per heavy atom. The molecule has 0 atom stereocenters. The fourth-order valence-corrected chi connectivity index (χ4v) is 3.21. The highest BCUT2D eigenvalue weighted by Gasteiger charge is 2.15. The molecule has 2 aromatic heterocycles. The predicted molar refractivity (Wildman–Crippen MR) is 107 cm³/mol. The van der Waals surface area contributed by atoms with E-state index in [0.29, 0.717) is 25.5 Å². The number of nitrogens with one attached hydrogen (secondary N) is 1. The molecule has 4 rings (SSSR count). The van der Waals surface area contributed by atoms with Crippen LogP contribution in [0.4, 0.5) is 5.82 Å². The van der Waals surface area contributed by atoms with Crippen LogP contribution < -0.4 is 10.2 Å². The first-order valence-corrected chi connectivity index (χ1v) is 9.39. The SMILES string of the molecule is Cc1cc(C(=O)NCc2cccc(N3CCOCC3)n2)nn1-c1ccccc1. The van der Waals surface area contributed by atoms with E-state index in [1.54, 1.807) is 10.7 Å². The molecule has 1 aliphatic rings. The standard InChI is InChI=1S/C21H23N5O2/c1-16-14-19(24-26(16)18-7-3-2-4-8-18)21(27)22-15-17-6-5-9-20(23-17)25-10-12-28-13-11-25/h2-9,14H,10-13,15H2,1H3,(H,22,27). The van der Waals surface area contributed by atoms with Gasteiger partial charge in [-0.25, -0.2) is 9.67 Å². The summed E-state index contributed by atoms with van der Waals surface area (Å²) in [6.07, 6.45) is 0. The number of amides is 1. The first kappa shape index (κ1) is 18.2. The summed E-state index contributed by atoms with van der Waals surface area (Å²) in [5.41, 5.74) is 3.05. The molecule has 144 valence electrons. The average Bonchev–Trinajstić information content (AvgIpc) is 3.15. The number of hydrogen-bond donors (Lipinski definition) is 1. The molecule has 1 fully saturated rings. The molecular formula is C21H23N5O2. The Bertz CT molecular complexity index is 948. The quantitative estimate of drug-likeness (QED) is 0.739. The van der Waals surface area contributed by atoms with E-state index in [1.165, 1.54) is 0 Å². The Kier molecular flexibility index (Phi) is 5.34. The van der Waals surface area contributed by atoms with Gasteiger partial charge in [0.2, 0.25) is 0 Å². The number of rotatable bonds is 5. The Labute approximate surface area is 164 Å². The molecule has 1 amide bonds. The summed E-state index contributed by atoms with van der Waals surface area (Å²) in [6.45, 7) is 5.38. The van der Waals surface area contributed by atoms with Crippen molar-refractivity contribution in [3.63, 3.8) is 0 Å². The van der Waals surface area contributed by atoms with Crippen LogP contribution >= 0.6 is 0 Å². The molecule has 1 aliphatic heterocycles. The van der Waals surface area contributed by atoms with E-state index in [1.807, 2.05) is 55.5 Å². The summed E-state index contributed by atoms with van der Waals surface area (Å²) in [4.78, 5) is 19.4. The minimum Gasteiger partial charge on any atom is -0.378 e. The lowest BCUT2D eigenvalue weighted by Gasteiger charge is -2.28. The van der Waals surface area contributed by atoms with Gasteiger partial charge < -0.3 is 15.0 Å². The van der Waals surface area contributed by atoms with Crippen LogP contribution in [0, 0.1) is 6.92 Å². The van der Waals surface area contributed by atoms with Crippen molar-refractivity contribution in [1.29, 1.82) is 0 Å². The molecular weight excluding hydrogens is 354 g/mol. The van der Waals surface area contributed by atoms with Gasteiger partial charge in [0.05, 0.1) is 31.1 Å². The molecule has 0 aliphatic carbocycles. The van der Waals surface area contributed by atoms with Gasteiger partial charge in [0, 0.05) is 18.8 Å². The van der Waals surface area contributed by atoms with Crippen molar-refractivity contribution >= 4 is 11.7 Å². The van der Waals surface area contributed by atoms with E-state index >= 15 is 0 Å². The second-order valence-electron chi connectivity index (χ2n) is 6.69. The van der Waals surface area contributed by atoms with Crippen LogP contribution in [0.1, 0.15) is 21.9 Å². The predicted octanol–water partition coefficient (Wildman–Crippen LogP) is 2.34. The molecule has 0 spiro atoms. The smallest absolute Gasteiger partial charge is 0.272 e. The van der Waals surface area contributed by atoms with Gasteiger partial charge in [0.1, 0.15) is 5.82 Å². The number of nitrogens with zero attached hydrogens (tertiary/aromatic N) is 4. The maximum absolute atomic E-state index is 12.6. The minimum atomic E-state index is -0.212. The lowest BCUT2D eigenvalue weighted by atomic mass is 10.3. The molecule has 0 saturated carbocycles. The lowest BCUT2D eigenvalue weighted by molar-refractivity contribution is 0.0945. The molecule has 0 unspecified atom stereocenters. The van der Waals surface area contributed by atoms with Gasteiger partial charge >= 0.3 is 0 Å². The Morgan fingerprint density at radius 3 is 2.68 bits per heavy atom. The maximum atomic E-state index is 12.6. The third-order valence-electron chi connectivity index (χ3n) is 4.68. The van der Waals surface area contributed by atoms with Gasteiger partial charge in [0.15, 0.2) is 5.69 Å². The number of benzene rings is 1. The fraction of sp³-hybridized carbons (Fsp3) is 0.286. The van der Waals surface area contributed by atoms with Crippen molar-refractivity contribution in [2.45, 2.75) is 13.5 Å². The molecule has 1 aromatic carbocycles. The van der Waals surface area contributed by atoms with Crippen LogP contribution in [0.5, 0.6) is 0 Å². The first-order chi connectivity index (χ1) is 13.7. The molecule has 28 heavy (non-hydrogen) atoms. The van der Waals surface area contributed by atoms with E-state index < -0.39 is 0 Å². The number of hydrogen-bond acceptors (Lipinski definition) is 5. The van der Waals surface area contributed by atoms with Crippen LogP contribution in [0.15, 0.2) is 54.6 Å². The highest BCUT2D eigenvalue weighted by atomic mass is 16.5. The number of aryl methyl sites for hydroxylation is 1. The van der Waals surface area contributed by atoms with Crippen LogP contribution in [-0.4, -0.2) is 47.0 Å². The second kappa shape index (κ2) is 8.22. The summed E-state index contributed by atoms with van der Waals surface area (Å²) < 4.78 is 7.16. The molecule has 0 radical (unpaired) electrons. The van der Waals surface area contributed by atoms with Gasteiger partial charge in [0.25, 0.3) is 5.91 Å². The van der Waals surface area contributed by atoms with Crippen LogP contribution in [0.3, 0.4) is 0 Å². The number of pyridine rings is 1. The van der Waals surface area contributed by atoms with Gasteiger partial charge in [-0.15, -0.1) is 0 Å². The third-order valence-corrected chi connectivity index (χ3v) is 4.68. The Balaban J connectivity index is 1.42. The van der Waals surface area contributed by atoms with Crippen LogP contribution in [0.25, 0.3) is 5.69 Å². The zero-order chi connectivity index (χ0) is 19.3. The number of morpholine rings is 1. The van der Waals surface area contributed by atoms with E-state index in [9.17, 15) is 4.79 Å². The topological polar surface area (TPSA) is 72.3 Å². The summed E-state index contributed by atoms with van der Waals surface area (Å²) in [6, 6.07) is 17.4. The average molecular weight is 377 g/mol. The normalized spacial score (nSPS) is 14.1. The lowest BCUT2D eigenvalue weighted by Crippen LogP contribution is -2.37. The monoisotopic (exact) mass is 377 g/mol. The number of aromatic nitrogens is 3. The molecule has 3 aromatic rings. The van der Waals surface area contributed by atoms with E-state index in [-0.39, 0.29) is 5.91 Å². The number of ether oxygens (including phenoxy) is 1. The van der Waals surface area contributed by atoms with Crippen LogP contribution in [0.2, 0.25) is 0 Å². The van der Waals surface area contributed by atoms with E-state index in [4.69, 9.17) is 4.74 Å². The molecule has 1 N–H and O–H groups in total. The molecule has 7 heteroatoms. The number of anilines is 1. The Morgan fingerprint density at radius 2 is 1.89 bits per heavy atom. The van der Waals surface area contributed by atoms with Crippen molar-refractivity contribution in [3.8, 4) is 5.69 Å². The summed E-state index contributed by atoms with van der Waals surface area (Å²) in [5.74, 6) is 0.704. The van der Waals surface area contributed by atoms with Crippen molar-refractivity contribution in [2.24, 2.45) is 0 Å². The second-order valence-corrected chi connectivity index (χ2v) is 6.69. The maximum Gasteiger partial charge on any atom is 0.272 e. The van der Waals surface area contributed by atoms with Crippen molar-refractivity contribution in [3.05, 3.63) is 71.7 Å². The van der Waals surface area contributed by atoms with E-state index in [0.717, 1.165) is 36.0 Å². The molecule has 3 heterocycles. The van der Waals surface area contributed by atoms with Gasteiger partial charge in [-0.2, -0.15) is 5.10 Å². The van der Waals surface area contributed by atoms with Gasteiger partial charge in [-0.05, 0) is 37.3 Å². The highest BCUT2D eigenvalue weighted by molar-refractivity contribution is 5.92. The van der Waals surface area contributed by atoms with Crippen molar-refractivity contribution in [1.82, 2.24) is 20.1 Å². The van der Waals surface area contributed by atoms with Crippen molar-refractivity contribution < 1.29 is 9.53 Å². The molecule has 7 nitrogen and oxygen atoms in total. The van der Waals surface area contributed by atoms with Crippen LogP contribution in [-0.2, 0) is 11.3 Å². The van der Waals surface area contributed by atoms with Gasteiger partial charge in [-0.1, -0.05) is 24.3 Å². The zero-order valence-corrected chi connectivity index (χ0v) is 15.8. The number of para-hydroxylation sites is 1. The largest absolute Gasteiger partial charge is 0.378 e. The molecule has 0 bridgehead atoms. The highest BCUT2D eigenvalue weighted by Crippen LogP contribution is 2.14. The summed E-state index contributed by atoms with van der Waals surface area (Å²) in [7, 11) is 0. The fourth-order valence-electron chi connectivity index (χ4n) is 3.21. The summed E-state index contributed by atoms with van der Waals surface area (Å²) >= 11 is 0. The van der Waals surface area contributed by atoms with Gasteiger partial charge in [-0.3, -0.25) is 4.79 Å².